The first kappa shape index (κ1) is 13.9. The minimum Gasteiger partial charge on any atom is -0.465 e. The number of carbonyl (C=O) groups is 2. The van der Waals surface area contributed by atoms with E-state index in [0.717, 1.165) is 38.5 Å². The van der Waals surface area contributed by atoms with Crippen LogP contribution in [0.4, 0.5) is 0 Å². The van der Waals surface area contributed by atoms with Gasteiger partial charge in [0, 0.05) is 0 Å². The predicted molar refractivity (Wildman–Crippen MR) is 69.8 cm³/mol. The third kappa shape index (κ3) is 3.72. The van der Waals surface area contributed by atoms with Gasteiger partial charge in [-0.1, -0.05) is 12.8 Å². The highest BCUT2D eigenvalue weighted by atomic mass is 16.6. The van der Waals surface area contributed by atoms with E-state index in [1.54, 1.807) is 0 Å². The topological polar surface area (TPSA) is 65.1 Å². The Morgan fingerprint density at radius 3 is 1.95 bits per heavy atom. The van der Waals surface area contributed by atoms with Crippen LogP contribution in [0.3, 0.4) is 0 Å². The minimum absolute atomic E-state index is 0.0720. The molecule has 0 bridgehead atoms. The summed E-state index contributed by atoms with van der Waals surface area (Å²) in [4.78, 5) is 24.3. The number of esters is 2. The van der Waals surface area contributed by atoms with Crippen molar-refractivity contribution >= 4 is 11.9 Å². The third-order valence-corrected chi connectivity index (χ3v) is 4.34. The van der Waals surface area contributed by atoms with Gasteiger partial charge in [0.15, 0.2) is 0 Å². The molecular formula is C15H22O5. The lowest BCUT2D eigenvalue weighted by Crippen LogP contribution is -2.35. The summed E-state index contributed by atoms with van der Waals surface area (Å²) in [5, 5.41) is 0. The second-order valence-corrected chi connectivity index (χ2v) is 6.16. The average Bonchev–Trinajstić information content (AvgIpc) is 3.36. The van der Waals surface area contributed by atoms with E-state index in [9.17, 15) is 9.59 Å². The first-order valence-electron chi connectivity index (χ1n) is 7.69. The Hall–Kier alpha value is -1.10. The molecule has 0 spiro atoms. The molecule has 0 aromatic carbocycles. The Morgan fingerprint density at radius 1 is 0.900 bits per heavy atom. The molecule has 3 atom stereocenters. The Balaban J connectivity index is 1.50. The fraction of sp³-hybridized carbons (Fsp3) is 0.867. The van der Waals surface area contributed by atoms with Crippen LogP contribution in [0.15, 0.2) is 0 Å². The van der Waals surface area contributed by atoms with Crippen molar-refractivity contribution in [2.45, 2.75) is 44.6 Å². The second kappa shape index (κ2) is 6.12. The largest absolute Gasteiger partial charge is 0.465 e. The van der Waals surface area contributed by atoms with Gasteiger partial charge in [-0.15, -0.1) is 0 Å². The van der Waals surface area contributed by atoms with Gasteiger partial charge in [-0.05, 0) is 31.6 Å². The van der Waals surface area contributed by atoms with Gasteiger partial charge in [0.05, 0.1) is 25.0 Å². The lowest BCUT2D eigenvalue weighted by atomic mass is 9.79. The summed E-state index contributed by atoms with van der Waals surface area (Å²) >= 11 is 0. The molecule has 2 saturated carbocycles. The maximum atomic E-state index is 12.1. The molecule has 0 radical (unpaired) electrons. The van der Waals surface area contributed by atoms with Crippen molar-refractivity contribution in [2.75, 3.05) is 19.8 Å². The number of carbonyl (C=O) groups excluding carboxylic acids is 2. The number of ether oxygens (including phenoxy) is 3. The third-order valence-electron chi connectivity index (χ3n) is 4.34. The SMILES string of the molecule is O=C(OCC1CC1)C1CCCCC1C(=O)OCC1CO1. The van der Waals surface area contributed by atoms with Gasteiger partial charge < -0.3 is 14.2 Å². The number of epoxide rings is 1. The highest BCUT2D eigenvalue weighted by Gasteiger charge is 2.39. The fourth-order valence-corrected chi connectivity index (χ4v) is 2.73. The zero-order chi connectivity index (χ0) is 13.9. The second-order valence-electron chi connectivity index (χ2n) is 6.16. The summed E-state index contributed by atoms with van der Waals surface area (Å²) in [7, 11) is 0. The fourth-order valence-electron chi connectivity index (χ4n) is 2.73. The Bertz CT molecular complexity index is 336. The Kier molecular flexibility index (Phi) is 4.24. The molecule has 3 aliphatic rings. The zero-order valence-electron chi connectivity index (χ0n) is 11.7. The van der Waals surface area contributed by atoms with Crippen molar-refractivity contribution in [1.29, 1.82) is 0 Å². The molecule has 3 unspecified atom stereocenters. The monoisotopic (exact) mass is 282 g/mol. The molecule has 1 heterocycles. The number of rotatable bonds is 6. The molecule has 3 fully saturated rings. The molecule has 0 aromatic rings. The number of hydrogen-bond donors (Lipinski definition) is 0. The van der Waals surface area contributed by atoms with Crippen molar-refractivity contribution in [3.05, 3.63) is 0 Å². The molecule has 1 aliphatic heterocycles. The van der Waals surface area contributed by atoms with Crippen molar-refractivity contribution in [1.82, 2.24) is 0 Å². The van der Waals surface area contributed by atoms with Crippen LogP contribution >= 0.6 is 0 Å². The summed E-state index contributed by atoms with van der Waals surface area (Å²) in [5.41, 5.74) is 0. The van der Waals surface area contributed by atoms with E-state index >= 15 is 0 Å². The summed E-state index contributed by atoms with van der Waals surface area (Å²) in [6, 6.07) is 0. The van der Waals surface area contributed by atoms with Crippen molar-refractivity contribution in [2.24, 2.45) is 17.8 Å². The molecule has 2 aliphatic carbocycles. The van der Waals surface area contributed by atoms with Crippen LogP contribution < -0.4 is 0 Å². The molecule has 0 N–H and O–H groups in total. The summed E-state index contributed by atoms with van der Waals surface area (Å²) in [5.74, 6) is -0.543. The van der Waals surface area contributed by atoms with E-state index in [2.05, 4.69) is 0 Å². The van der Waals surface area contributed by atoms with Gasteiger partial charge in [-0.2, -0.15) is 0 Å². The predicted octanol–water partition coefficient (Wildman–Crippen LogP) is 1.69. The molecule has 5 heteroatoms. The van der Waals surface area contributed by atoms with Gasteiger partial charge in [0.2, 0.25) is 0 Å². The molecule has 112 valence electrons. The van der Waals surface area contributed by atoms with Gasteiger partial charge in [-0.3, -0.25) is 9.59 Å². The quantitative estimate of drug-likeness (QED) is 0.548. The lowest BCUT2D eigenvalue weighted by molar-refractivity contribution is -0.163. The van der Waals surface area contributed by atoms with E-state index in [0.29, 0.717) is 25.7 Å². The zero-order valence-corrected chi connectivity index (χ0v) is 11.7. The van der Waals surface area contributed by atoms with Gasteiger partial charge in [0.1, 0.15) is 12.7 Å². The lowest BCUT2D eigenvalue weighted by Gasteiger charge is -2.28. The molecule has 0 amide bonds. The van der Waals surface area contributed by atoms with Crippen molar-refractivity contribution in [3.63, 3.8) is 0 Å². The first-order chi connectivity index (χ1) is 9.74. The minimum atomic E-state index is -0.325. The van der Waals surface area contributed by atoms with E-state index in [1.165, 1.54) is 0 Å². The van der Waals surface area contributed by atoms with Crippen LogP contribution in [-0.2, 0) is 23.8 Å². The van der Waals surface area contributed by atoms with E-state index in [1.807, 2.05) is 0 Å². The first-order valence-corrected chi connectivity index (χ1v) is 7.69. The van der Waals surface area contributed by atoms with Crippen molar-refractivity contribution in [3.8, 4) is 0 Å². The van der Waals surface area contributed by atoms with Gasteiger partial charge in [0.25, 0.3) is 0 Å². The normalized spacial score (nSPS) is 32.5. The highest BCUT2D eigenvalue weighted by Crippen LogP contribution is 2.34. The Morgan fingerprint density at radius 2 is 1.45 bits per heavy atom. The number of hydrogen-bond acceptors (Lipinski definition) is 5. The summed E-state index contributed by atoms with van der Waals surface area (Å²) < 4.78 is 15.6. The van der Waals surface area contributed by atoms with Crippen LogP contribution in [0.25, 0.3) is 0 Å². The average molecular weight is 282 g/mol. The van der Waals surface area contributed by atoms with Gasteiger partial charge in [-0.25, -0.2) is 0 Å². The van der Waals surface area contributed by atoms with Crippen molar-refractivity contribution < 1.29 is 23.8 Å². The van der Waals surface area contributed by atoms with E-state index < -0.39 is 0 Å². The molecule has 1 saturated heterocycles. The Labute approximate surface area is 118 Å². The summed E-state index contributed by atoms with van der Waals surface area (Å²) in [6.07, 6.45) is 5.82. The van der Waals surface area contributed by atoms with Gasteiger partial charge >= 0.3 is 11.9 Å². The maximum Gasteiger partial charge on any atom is 0.309 e. The van der Waals surface area contributed by atoms with E-state index in [4.69, 9.17) is 14.2 Å². The molecular weight excluding hydrogens is 260 g/mol. The molecule has 5 nitrogen and oxygen atoms in total. The van der Waals surface area contributed by atoms with Crippen LogP contribution in [0.2, 0.25) is 0 Å². The maximum absolute atomic E-state index is 12.1. The summed E-state index contributed by atoms with van der Waals surface area (Å²) in [6.45, 7) is 1.51. The molecule has 20 heavy (non-hydrogen) atoms. The standard InChI is InChI=1S/C15H22O5/c16-14(19-7-10-5-6-10)12-3-1-2-4-13(12)15(17)20-9-11-8-18-11/h10-13H,1-9H2. The van der Waals surface area contributed by atoms with Crippen LogP contribution in [-0.4, -0.2) is 37.9 Å². The smallest absolute Gasteiger partial charge is 0.309 e. The van der Waals surface area contributed by atoms with Crippen LogP contribution in [0.1, 0.15) is 38.5 Å². The van der Waals surface area contributed by atoms with Crippen LogP contribution in [0.5, 0.6) is 0 Å². The molecule has 3 rings (SSSR count). The highest BCUT2D eigenvalue weighted by molar-refractivity contribution is 5.82. The van der Waals surface area contributed by atoms with E-state index in [-0.39, 0.29) is 29.9 Å². The molecule has 0 aromatic heterocycles. The van der Waals surface area contributed by atoms with Crippen LogP contribution in [0, 0.1) is 17.8 Å².